The minimum atomic E-state index is 0.224. The van der Waals surface area contributed by atoms with Gasteiger partial charge in [-0.15, -0.1) is 0 Å². The molecule has 0 saturated carbocycles. The van der Waals surface area contributed by atoms with Crippen molar-refractivity contribution in [2.45, 2.75) is 26.3 Å². The lowest BCUT2D eigenvalue weighted by Gasteiger charge is -2.19. The van der Waals surface area contributed by atoms with Gasteiger partial charge < -0.3 is 5.32 Å². The second-order valence-electron chi connectivity index (χ2n) is 4.70. The zero-order valence-electron chi connectivity index (χ0n) is 11.4. The quantitative estimate of drug-likeness (QED) is 0.893. The Morgan fingerprint density at radius 2 is 2.16 bits per heavy atom. The van der Waals surface area contributed by atoms with Gasteiger partial charge in [0.05, 0.1) is 5.02 Å². The Labute approximate surface area is 119 Å². The molecule has 19 heavy (non-hydrogen) atoms. The molecule has 1 N–H and O–H groups in total. The lowest BCUT2D eigenvalue weighted by atomic mass is 9.98. The molecular formula is C16H19ClN2. The van der Waals surface area contributed by atoms with E-state index >= 15 is 0 Å². The maximum Gasteiger partial charge on any atom is 0.0637 e. The Kier molecular flexibility index (Phi) is 4.94. The van der Waals surface area contributed by atoms with Gasteiger partial charge in [0.1, 0.15) is 0 Å². The van der Waals surface area contributed by atoms with Gasteiger partial charge in [0.2, 0.25) is 0 Å². The number of hydrogen-bond acceptors (Lipinski definition) is 2. The van der Waals surface area contributed by atoms with Gasteiger partial charge in [-0.25, -0.2) is 0 Å². The van der Waals surface area contributed by atoms with Crippen molar-refractivity contribution in [2.75, 3.05) is 6.54 Å². The third-order valence-corrected chi connectivity index (χ3v) is 3.47. The van der Waals surface area contributed by atoms with Crippen LogP contribution in [0.5, 0.6) is 0 Å². The van der Waals surface area contributed by atoms with E-state index in [1.54, 1.807) is 12.4 Å². The fraction of sp³-hybridized carbons (Fsp3) is 0.312. The summed E-state index contributed by atoms with van der Waals surface area (Å²) < 4.78 is 0. The third-order valence-electron chi connectivity index (χ3n) is 3.15. The summed E-state index contributed by atoms with van der Waals surface area (Å²) in [5.41, 5.74) is 3.72. The highest BCUT2D eigenvalue weighted by Gasteiger charge is 2.14. The SMILES string of the molecule is CCNC(Cc1cccc(C)c1)c1ccncc1Cl. The summed E-state index contributed by atoms with van der Waals surface area (Å²) in [5.74, 6) is 0. The van der Waals surface area contributed by atoms with E-state index in [1.165, 1.54) is 11.1 Å². The van der Waals surface area contributed by atoms with Gasteiger partial charge in [-0.3, -0.25) is 4.98 Å². The molecule has 0 fully saturated rings. The van der Waals surface area contributed by atoms with Crippen LogP contribution in [0.15, 0.2) is 42.7 Å². The van der Waals surface area contributed by atoms with Crippen LogP contribution in [0.1, 0.15) is 29.7 Å². The Balaban J connectivity index is 2.24. The van der Waals surface area contributed by atoms with Crippen molar-refractivity contribution in [3.05, 3.63) is 64.4 Å². The van der Waals surface area contributed by atoms with E-state index < -0.39 is 0 Å². The summed E-state index contributed by atoms with van der Waals surface area (Å²) in [4.78, 5) is 4.05. The van der Waals surface area contributed by atoms with Gasteiger partial charge in [0, 0.05) is 18.4 Å². The highest BCUT2D eigenvalue weighted by Crippen LogP contribution is 2.25. The maximum atomic E-state index is 6.25. The van der Waals surface area contributed by atoms with Crippen molar-refractivity contribution >= 4 is 11.6 Å². The molecule has 1 aromatic heterocycles. The molecule has 1 heterocycles. The van der Waals surface area contributed by atoms with Gasteiger partial charge in [-0.05, 0) is 37.1 Å². The molecule has 0 amide bonds. The number of pyridine rings is 1. The highest BCUT2D eigenvalue weighted by atomic mass is 35.5. The first-order valence-electron chi connectivity index (χ1n) is 6.59. The number of benzene rings is 1. The van der Waals surface area contributed by atoms with Crippen molar-refractivity contribution < 1.29 is 0 Å². The zero-order valence-corrected chi connectivity index (χ0v) is 12.1. The zero-order chi connectivity index (χ0) is 13.7. The van der Waals surface area contributed by atoms with Crippen LogP contribution in [0.25, 0.3) is 0 Å². The lowest BCUT2D eigenvalue weighted by Crippen LogP contribution is -2.23. The minimum absolute atomic E-state index is 0.224. The monoisotopic (exact) mass is 274 g/mol. The first kappa shape index (κ1) is 14.0. The molecule has 0 radical (unpaired) electrons. The fourth-order valence-corrected chi connectivity index (χ4v) is 2.53. The predicted molar refractivity (Wildman–Crippen MR) is 80.5 cm³/mol. The van der Waals surface area contributed by atoms with Crippen molar-refractivity contribution in [1.29, 1.82) is 0 Å². The van der Waals surface area contributed by atoms with Crippen molar-refractivity contribution in [3.8, 4) is 0 Å². The lowest BCUT2D eigenvalue weighted by molar-refractivity contribution is 0.549. The molecule has 1 aromatic carbocycles. The Bertz CT molecular complexity index is 540. The summed E-state index contributed by atoms with van der Waals surface area (Å²) in [5, 5.41) is 4.22. The van der Waals surface area contributed by atoms with E-state index in [2.05, 4.69) is 48.4 Å². The van der Waals surface area contributed by atoms with Crippen LogP contribution in [-0.4, -0.2) is 11.5 Å². The van der Waals surface area contributed by atoms with E-state index in [-0.39, 0.29) is 6.04 Å². The topological polar surface area (TPSA) is 24.9 Å². The number of nitrogens with zero attached hydrogens (tertiary/aromatic N) is 1. The van der Waals surface area contributed by atoms with E-state index in [1.807, 2.05) is 6.07 Å². The van der Waals surface area contributed by atoms with E-state index in [0.29, 0.717) is 0 Å². The number of aryl methyl sites for hydroxylation is 1. The van der Waals surface area contributed by atoms with Crippen molar-refractivity contribution in [2.24, 2.45) is 0 Å². The number of rotatable bonds is 5. The molecule has 2 aromatic rings. The van der Waals surface area contributed by atoms with Crippen LogP contribution >= 0.6 is 11.6 Å². The smallest absolute Gasteiger partial charge is 0.0637 e. The van der Waals surface area contributed by atoms with Crippen molar-refractivity contribution in [1.82, 2.24) is 10.3 Å². The molecule has 1 atom stereocenters. The third kappa shape index (κ3) is 3.79. The van der Waals surface area contributed by atoms with Crippen LogP contribution in [-0.2, 0) is 6.42 Å². The van der Waals surface area contributed by atoms with Crippen molar-refractivity contribution in [3.63, 3.8) is 0 Å². The highest BCUT2D eigenvalue weighted by molar-refractivity contribution is 6.31. The number of halogens is 1. The van der Waals surface area contributed by atoms with E-state index in [4.69, 9.17) is 11.6 Å². The molecule has 100 valence electrons. The van der Waals surface area contributed by atoms with E-state index in [0.717, 1.165) is 23.6 Å². The standard InChI is InChI=1S/C16H19ClN2/c1-3-19-16(14-7-8-18-11-15(14)17)10-13-6-4-5-12(2)9-13/h4-9,11,16,19H,3,10H2,1-2H3. The van der Waals surface area contributed by atoms with Crippen LogP contribution in [0.4, 0.5) is 0 Å². The van der Waals surface area contributed by atoms with Gasteiger partial charge in [0.15, 0.2) is 0 Å². The second kappa shape index (κ2) is 6.69. The van der Waals surface area contributed by atoms with Gasteiger partial charge in [0.25, 0.3) is 0 Å². The Hall–Kier alpha value is -1.38. The Morgan fingerprint density at radius 1 is 1.32 bits per heavy atom. The summed E-state index contributed by atoms with van der Waals surface area (Å²) in [6.45, 7) is 5.14. The summed E-state index contributed by atoms with van der Waals surface area (Å²) in [7, 11) is 0. The average molecular weight is 275 g/mol. The van der Waals surface area contributed by atoms with Gasteiger partial charge in [-0.2, -0.15) is 0 Å². The maximum absolute atomic E-state index is 6.25. The molecule has 0 bridgehead atoms. The molecule has 0 aliphatic carbocycles. The molecule has 0 aliphatic rings. The minimum Gasteiger partial charge on any atom is -0.310 e. The average Bonchev–Trinajstić information content (AvgIpc) is 2.39. The molecule has 1 unspecified atom stereocenters. The summed E-state index contributed by atoms with van der Waals surface area (Å²) in [6.07, 6.45) is 4.43. The van der Waals surface area contributed by atoms with Gasteiger partial charge >= 0.3 is 0 Å². The molecular weight excluding hydrogens is 256 g/mol. The molecule has 0 saturated heterocycles. The van der Waals surface area contributed by atoms with E-state index in [9.17, 15) is 0 Å². The fourth-order valence-electron chi connectivity index (χ4n) is 2.28. The second-order valence-corrected chi connectivity index (χ2v) is 5.11. The van der Waals surface area contributed by atoms with Crippen LogP contribution in [0.2, 0.25) is 5.02 Å². The number of nitrogens with one attached hydrogen (secondary N) is 1. The number of likely N-dealkylation sites (N-methyl/N-ethyl adjacent to an activating group) is 1. The number of aromatic nitrogens is 1. The molecule has 3 heteroatoms. The predicted octanol–water partition coefficient (Wildman–Crippen LogP) is 3.94. The summed E-state index contributed by atoms with van der Waals surface area (Å²) >= 11 is 6.25. The molecule has 2 rings (SSSR count). The summed E-state index contributed by atoms with van der Waals surface area (Å²) in [6, 6.07) is 10.8. The first-order chi connectivity index (χ1) is 9.20. The van der Waals surface area contributed by atoms with Gasteiger partial charge in [-0.1, -0.05) is 48.4 Å². The molecule has 0 spiro atoms. The first-order valence-corrected chi connectivity index (χ1v) is 6.97. The number of hydrogen-bond donors (Lipinski definition) is 1. The Morgan fingerprint density at radius 3 is 2.84 bits per heavy atom. The van der Waals surface area contributed by atoms with Crippen LogP contribution in [0.3, 0.4) is 0 Å². The molecule has 0 aliphatic heterocycles. The normalized spacial score (nSPS) is 12.4. The van der Waals surface area contributed by atoms with Crippen LogP contribution < -0.4 is 5.32 Å². The van der Waals surface area contributed by atoms with Crippen LogP contribution in [0, 0.1) is 6.92 Å². The molecule has 2 nitrogen and oxygen atoms in total. The largest absolute Gasteiger partial charge is 0.310 e.